The predicted octanol–water partition coefficient (Wildman–Crippen LogP) is -2.50. The van der Waals surface area contributed by atoms with E-state index in [4.69, 9.17) is 25.1 Å². The summed E-state index contributed by atoms with van der Waals surface area (Å²) in [5, 5.41) is 25.2. The predicted molar refractivity (Wildman–Crippen MR) is 36.7 cm³/mol. The first kappa shape index (κ1) is 12.2. The normalized spacial score (nSPS) is 12.6. The number of carbonyl (C=O) groups excluding carboxylic acids is 1. The lowest BCUT2D eigenvalue weighted by Gasteiger charge is -2.17. The Morgan fingerprint density at radius 3 is 1.85 bits per heavy atom. The Morgan fingerprint density at radius 2 is 1.62 bits per heavy atom. The fourth-order valence-corrected chi connectivity index (χ4v) is 1.25. The Kier molecular flexibility index (Phi) is 3.31. The molecule has 0 spiro atoms. The van der Waals surface area contributed by atoms with Crippen LogP contribution in [0.15, 0.2) is 0 Å². The number of rotatable bonds is 4. The highest BCUT2D eigenvalue weighted by Gasteiger charge is 2.43. The summed E-state index contributed by atoms with van der Waals surface area (Å²) in [6, 6.07) is 0. The van der Waals surface area contributed by atoms with E-state index in [1.807, 2.05) is 0 Å². The molecule has 8 nitrogen and oxygen atoms in total. The van der Waals surface area contributed by atoms with E-state index in [-0.39, 0.29) is 0 Å². The first-order valence-electron chi connectivity index (χ1n) is 2.83. The van der Waals surface area contributed by atoms with E-state index in [9.17, 15) is 14.2 Å². The van der Waals surface area contributed by atoms with Gasteiger partial charge in [0, 0.05) is 0 Å². The van der Waals surface area contributed by atoms with Gasteiger partial charge in [0.2, 0.25) is 5.79 Å². The molecule has 0 aromatic rings. The van der Waals surface area contributed by atoms with Crippen LogP contribution in [0.5, 0.6) is 0 Å². The van der Waals surface area contributed by atoms with E-state index in [1.54, 1.807) is 0 Å². The molecule has 0 rings (SSSR count). The van der Waals surface area contributed by atoms with Crippen LogP contribution < -0.4 is 0 Å². The number of aliphatic carboxylic acids is 1. The van der Waals surface area contributed by atoms with Crippen molar-refractivity contribution in [2.24, 2.45) is 0 Å². The molecule has 13 heavy (non-hydrogen) atoms. The number of hydrogen-bond acceptors (Lipinski definition) is 5. The van der Waals surface area contributed by atoms with Crippen molar-refractivity contribution in [1.29, 1.82) is 0 Å². The maximum atomic E-state index is 10.4. The number of ketones is 1. The van der Waals surface area contributed by atoms with Crippen molar-refractivity contribution >= 4 is 19.3 Å². The Bertz CT molecular complexity index is 274. The Balaban J connectivity index is 4.69. The second-order valence-electron chi connectivity index (χ2n) is 2.27. The van der Waals surface area contributed by atoms with Gasteiger partial charge in [-0.1, -0.05) is 0 Å². The summed E-state index contributed by atoms with van der Waals surface area (Å²) in [6.07, 6.45) is -1.65. The molecule has 0 saturated carbocycles. The van der Waals surface area contributed by atoms with Crippen LogP contribution in [-0.2, 0) is 14.2 Å². The molecule has 0 aliphatic heterocycles. The SMILES string of the molecule is O=C(O)C(=O)C(O)(O)CP(=O)(O)O. The van der Waals surface area contributed by atoms with Gasteiger partial charge < -0.3 is 25.1 Å². The number of carboxylic acid groups (broad SMARTS) is 1. The third-order valence-corrected chi connectivity index (χ3v) is 1.84. The van der Waals surface area contributed by atoms with Crippen LogP contribution in [-0.4, -0.2) is 48.8 Å². The fourth-order valence-electron chi connectivity index (χ4n) is 0.530. The maximum Gasteiger partial charge on any atom is 0.378 e. The van der Waals surface area contributed by atoms with Crippen LogP contribution >= 0.6 is 7.60 Å². The fraction of sp³-hybridized carbons (Fsp3) is 0.500. The van der Waals surface area contributed by atoms with Gasteiger partial charge in [0.15, 0.2) is 0 Å². The van der Waals surface area contributed by atoms with Gasteiger partial charge in [0.1, 0.15) is 6.16 Å². The van der Waals surface area contributed by atoms with Gasteiger partial charge in [-0.05, 0) is 0 Å². The van der Waals surface area contributed by atoms with Gasteiger partial charge in [0.05, 0.1) is 0 Å². The number of hydrogen-bond donors (Lipinski definition) is 5. The third-order valence-electron chi connectivity index (χ3n) is 0.984. The molecule has 0 aromatic carbocycles. The second kappa shape index (κ2) is 3.52. The highest BCUT2D eigenvalue weighted by molar-refractivity contribution is 7.51. The lowest BCUT2D eigenvalue weighted by Crippen LogP contribution is -2.46. The standard InChI is InChI=1S/C4H7O8P/c5-2(3(6)7)4(8,9)1-13(10,11)12/h8-9H,1H2,(H,6,7)(H2,10,11,12). The van der Waals surface area contributed by atoms with Gasteiger partial charge in [0.25, 0.3) is 5.78 Å². The summed E-state index contributed by atoms with van der Waals surface area (Å²) in [4.78, 5) is 36.8. The lowest BCUT2D eigenvalue weighted by molar-refractivity contribution is -0.183. The zero-order valence-electron chi connectivity index (χ0n) is 6.12. The molecule has 0 atom stereocenters. The first-order chi connectivity index (χ1) is 5.56. The van der Waals surface area contributed by atoms with Crippen LogP contribution in [0, 0.1) is 0 Å². The average molecular weight is 214 g/mol. The molecule has 0 radical (unpaired) electrons. The molecule has 0 aliphatic rings. The first-order valence-corrected chi connectivity index (χ1v) is 4.63. The highest BCUT2D eigenvalue weighted by Crippen LogP contribution is 2.37. The Hall–Kier alpha value is -0.790. The summed E-state index contributed by atoms with van der Waals surface area (Å²) in [6.45, 7) is 0. The molecule has 0 fully saturated rings. The quantitative estimate of drug-likeness (QED) is 0.195. The van der Waals surface area contributed by atoms with Gasteiger partial charge in [-0.2, -0.15) is 0 Å². The van der Waals surface area contributed by atoms with Crippen molar-refractivity contribution in [1.82, 2.24) is 0 Å². The van der Waals surface area contributed by atoms with Gasteiger partial charge in [-0.25, -0.2) is 4.79 Å². The van der Waals surface area contributed by atoms with Gasteiger partial charge in [-0.3, -0.25) is 9.36 Å². The molecule has 5 N–H and O–H groups in total. The minimum absolute atomic E-state index is 1.65. The zero-order valence-corrected chi connectivity index (χ0v) is 7.01. The summed E-state index contributed by atoms with van der Waals surface area (Å²) in [7, 11) is -4.86. The summed E-state index contributed by atoms with van der Waals surface area (Å²) in [5.74, 6) is -7.81. The molecular formula is C4H7O8P. The third kappa shape index (κ3) is 4.11. The molecule has 0 unspecified atom stereocenters. The molecule has 76 valence electrons. The van der Waals surface area contributed by atoms with E-state index in [2.05, 4.69) is 0 Å². The minimum Gasteiger partial charge on any atom is -0.475 e. The van der Waals surface area contributed by atoms with Crippen LogP contribution in [0.4, 0.5) is 0 Å². The summed E-state index contributed by atoms with van der Waals surface area (Å²) < 4.78 is 10.2. The molecule has 0 aliphatic carbocycles. The van der Waals surface area contributed by atoms with Crippen molar-refractivity contribution in [2.45, 2.75) is 5.79 Å². The number of carboxylic acids is 1. The van der Waals surface area contributed by atoms with Gasteiger partial charge in [-0.15, -0.1) is 0 Å². The monoisotopic (exact) mass is 214 g/mol. The molecular weight excluding hydrogens is 207 g/mol. The molecule has 0 aromatic heterocycles. The van der Waals surface area contributed by atoms with E-state index in [0.29, 0.717) is 0 Å². The van der Waals surface area contributed by atoms with Crippen molar-refractivity contribution in [2.75, 3.05) is 6.16 Å². The zero-order chi connectivity index (χ0) is 10.9. The number of aliphatic hydroxyl groups is 2. The topological polar surface area (TPSA) is 152 Å². The molecule has 0 heterocycles. The average Bonchev–Trinajstić information content (AvgIpc) is 1.80. The summed E-state index contributed by atoms with van der Waals surface area (Å²) >= 11 is 0. The maximum absolute atomic E-state index is 10.4. The van der Waals surface area contributed by atoms with Crippen LogP contribution in [0.3, 0.4) is 0 Å². The van der Waals surface area contributed by atoms with Crippen LogP contribution in [0.25, 0.3) is 0 Å². The smallest absolute Gasteiger partial charge is 0.378 e. The lowest BCUT2D eigenvalue weighted by atomic mass is 10.2. The number of Topliss-reactive ketones (excluding diaryl/α,β-unsaturated/α-hetero) is 1. The molecule has 0 saturated heterocycles. The molecule has 0 amide bonds. The molecule has 9 heteroatoms. The number of carbonyl (C=O) groups is 2. The van der Waals surface area contributed by atoms with Crippen molar-refractivity contribution in [3.8, 4) is 0 Å². The van der Waals surface area contributed by atoms with Crippen LogP contribution in [0.1, 0.15) is 0 Å². The van der Waals surface area contributed by atoms with E-state index >= 15 is 0 Å². The van der Waals surface area contributed by atoms with E-state index in [1.165, 1.54) is 0 Å². The second-order valence-corrected chi connectivity index (χ2v) is 3.92. The molecule has 0 bridgehead atoms. The summed E-state index contributed by atoms with van der Waals surface area (Å²) in [5.41, 5.74) is 0. The Labute approximate surface area is 71.6 Å². The Morgan fingerprint density at radius 1 is 1.23 bits per heavy atom. The van der Waals surface area contributed by atoms with Crippen molar-refractivity contribution < 1.29 is 39.3 Å². The van der Waals surface area contributed by atoms with Crippen molar-refractivity contribution in [3.05, 3.63) is 0 Å². The van der Waals surface area contributed by atoms with Crippen LogP contribution in [0.2, 0.25) is 0 Å². The van der Waals surface area contributed by atoms with Gasteiger partial charge >= 0.3 is 13.6 Å². The van der Waals surface area contributed by atoms with Crippen molar-refractivity contribution in [3.63, 3.8) is 0 Å². The minimum atomic E-state index is -4.86. The van der Waals surface area contributed by atoms with E-state index in [0.717, 1.165) is 0 Å². The highest BCUT2D eigenvalue weighted by atomic mass is 31.2. The largest absolute Gasteiger partial charge is 0.475 e. The van der Waals surface area contributed by atoms with E-state index < -0.39 is 31.3 Å².